The van der Waals surface area contributed by atoms with Crippen LogP contribution in [0.2, 0.25) is 5.02 Å². The Morgan fingerprint density at radius 2 is 1.87 bits per heavy atom. The van der Waals surface area contributed by atoms with Crippen molar-refractivity contribution in [1.29, 1.82) is 0 Å². The van der Waals surface area contributed by atoms with E-state index >= 15 is 0 Å². The summed E-state index contributed by atoms with van der Waals surface area (Å²) in [5, 5.41) is 12.6. The van der Waals surface area contributed by atoms with E-state index in [-0.39, 0.29) is 5.91 Å². The van der Waals surface area contributed by atoms with Gasteiger partial charge in [-0.3, -0.25) is 9.69 Å². The van der Waals surface area contributed by atoms with Gasteiger partial charge in [-0.25, -0.2) is 4.98 Å². The van der Waals surface area contributed by atoms with Gasteiger partial charge in [-0.1, -0.05) is 53.7 Å². The summed E-state index contributed by atoms with van der Waals surface area (Å²) in [6.45, 7) is 1.54. The highest BCUT2D eigenvalue weighted by Gasteiger charge is 2.18. The molecule has 0 saturated carbocycles. The molecule has 0 spiro atoms. The fourth-order valence-electron chi connectivity index (χ4n) is 2.93. The van der Waals surface area contributed by atoms with Gasteiger partial charge < -0.3 is 4.57 Å². The second-order valence-corrected chi connectivity index (χ2v) is 8.63. The van der Waals surface area contributed by atoms with Gasteiger partial charge in [0.1, 0.15) is 0 Å². The molecule has 2 aromatic carbocycles. The van der Waals surface area contributed by atoms with Gasteiger partial charge in [0.25, 0.3) is 0 Å². The number of rotatable bonds is 6. The Morgan fingerprint density at radius 3 is 2.60 bits per heavy atom. The van der Waals surface area contributed by atoms with Gasteiger partial charge in [0.15, 0.2) is 16.1 Å². The minimum Gasteiger partial charge on any atom is -0.305 e. The Bertz CT molecular complexity index is 1180. The number of nitrogens with zero attached hydrogens (tertiary/aromatic N) is 5. The quantitative estimate of drug-likeness (QED) is 0.356. The first-order valence-electron chi connectivity index (χ1n) is 9.12. The lowest BCUT2D eigenvalue weighted by Crippen LogP contribution is -2.22. The van der Waals surface area contributed by atoms with Crippen molar-refractivity contribution in [3.8, 4) is 11.4 Å². The molecular weight excluding hydrogens is 438 g/mol. The molecule has 4 rings (SSSR count). The number of aromatic nitrogens is 4. The Balaban J connectivity index is 1.50. The highest BCUT2D eigenvalue weighted by Crippen LogP contribution is 2.32. The molecule has 0 fully saturated rings. The lowest BCUT2D eigenvalue weighted by atomic mass is 10.2. The highest BCUT2D eigenvalue weighted by atomic mass is 35.5. The molecule has 2 aromatic heterocycles. The van der Waals surface area contributed by atoms with E-state index in [0.717, 1.165) is 22.1 Å². The smallest absolute Gasteiger partial charge is 0.230 e. The Kier molecular flexibility index (Phi) is 6.17. The van der Waals surface area contributed by atoms with Crippen LogP contribution in [-0.2, 0) is 17.6 Å². The lowest BCUT2D eigenvalue weighted by molar-refractivity contribution is -0.115. The molecule has 6 nitrogen and oxygen atoms in total. The summed E-state index contributed by atoms with van der Waals surface area (Å²) in [6.07, 6.45) is 0. The van der Waals surface area contributed by atoms with Crippen molar-refractivity contribution in [2.75, 3.05) is 4.90 Å². The number of benzene rings is 2. The summed E-state index contributed by atoms with van der Waals surface area (Å²) in [4.78, 5) is 18.5. The summed E-state index contributed by atoms with van der Waals surface area (Å²) in [5.74, 6) is 1.26. The third kappa shape index (κ3) is 4.26. The molecule has 152 valence electrons. The molecule has 0 N–H and O–H groups in total. The maximum Gasteiger partial charge on any atom is 0.230 e. The number of hydrogen-bond acceptors (Lipinski definition) is 6. The standard InChI is InChI=1S/C21H18ClN5OS2/c1-14(28)27(16-8-4-3-5-9-16)20-23-15(12-29-20)13-30-21-25-24-19(26(21)2)17-10-6-7-11-18(17)22/h3-12H,13H2,1-2H3. The lowest BCUT2D eigenvalue weighted by Gasteiger charge is -2.17. The van der Waals surface area contributed by atoms with Crippen molar-refractivity contribution in [2.45, 2.75) is 17.8 Å². The van der Waals surface area contributed by atoms with Gasteiger partial charge >= 0.3 is 0 Å². The third-order valence-corrected chi connectivity index (χ3v) is 6.62. The zero-order valence-electron chi connectivity index (χ0n) is 16.3. The molecule has 4 aromatic rings. The number of thioether (sulfide) groups is 1. The summed E-state index contributed by atoms with van der Waals surface area (Å²) in [5.41, 5.74) is 2.53. The zero-order chi connectivity index (χ0) is 21.1. The Labute approximate surface area is 187 Å². The highest BCUT2D eigenvalue weighted by molar-refractivity contribution is 7.98. The number of thiazole rings is 1. The first-order chi connectivity index (χ1) is 14.5. The fourth-order valence-corrected chi connectivity index (χ4v) is 4.94. The average molecular weight is 456 g/mol. The van der Waals surface area contributed by atoms with E-state index in [4.69, 9.17) is 11.6 Å². The van der Waals surface area contributed by atoms with Crippen LogP contribution < -0.4 is 4.90 Å². The maximum absolute atomic E-state index is 12.2. The topological polar surface area (TPSA) is 63.9 Å². The van der Waals surface area contributed by atoms with E-state index in [9.17, 15) is 4.79 Å². The molecule has 0 aliphatic heterocycles. The van der Waals surface area contributed by atoms with E-state index in [1.54, 1.807) is 11.8 Å². The molecule has 0 radical (unpaired) electrons. The number of hydrogen-bond donors (Lipinski definition) is 0. The van der Waals surface area contributed by atoms with Crippen LogP contribution in [0.5, 0.6) is 0 Å². The largest absolute Gasteiger partial charge is 0.305 e. The molecule has 9 heteroatoms. The number of para-hydroxylation sites is 1. The molecule has 0 atom stereocenters. The van der Waals surface area contributed by atoms with Crippen molar-refractivity contribution in [3.63, 3.8) is 0 Å². The predicted octanol–water partition coefficient (Wildman–Crippen LogP) is 5.57. The van der Waals surface area contributed by atoms with E-state index in [1.165, 1.54) is 23.1 Å². The van der Waals surface area contributed by atoms with Crippen molar-refractivity contribution in [3.05, 3.63) is 70.7 Å². The molecule has 2 heterocycles. The molecule has 0 saturated heterocycles. The van der Waals surface area contributed by atoms with Gasteiger partial charge in [-0.15, -0.1) is 21.5 Å². The molecule has 0 aliphatic carbocycles. The van der Waals surface area contributed by atoms with Gasteiger partial charge in [0.2, 0.25) is 5.91 Å². The monoisotopic (exact) mass is 455 g/mol. The van der Waals surface area contributed by atoms with Crippen LogP contribution in [0.15, 0.2) is 65.1 Å². The fraction of sp³-hybridized carbons (Fsp3) is 0.143. The van der Waals surface area contributed by atoms with Gasteiger partial charge in [0, 0.05) is 30.7 Å². The number of amides is 1. The van der Waals surface area contributed by atoms with Crippen LogP contribution in [-0.4, -0.2) is 25.7 Å². The maximum atomic E-state index is 12.2. The molecule has 1 amide bonds. The van der Waals surface area contributed by atoms with Crippen LogP contribution in [0.1, 0.15) is 12.6 Å². The van der Waals surface area contributed by atoms with E-state index in [1.807, 2.05) is 71.6 Å². The van der Waals surface area contributed by atoms with Gasteiger partial charge in [0.05, 0.1) is 16.4 Å². The second kappa shape index (κ2) is 8.99. The predicted molar refractivity (Wildman–Crippen MR) is 122 cm³/mol. The molecule has 30 heavy (non-hydrogen) atoms. The first-order valence-corrected chi connectivity index (χ1v) is 11.4. The summed E-state index contributed by atoms with van der Waals surface area (Å²) < 4.78 is 1.92. The minimum absolute atomic E-state index is 0.0764. The normalized spacial score (nSPS) is 10.9. The number of carbonyl (C=O) groups is 1. The Hall–Kier alpha value is -2.68. The number of anilines is 2. The van der Waals surface area contributed by atoms with Crippen LogP contribution in [0, 0.1) is 0 Å². The van der Waals surface area contributed by atoms with Crippen LogP contribution in [0.4, 0.5) is 10.8 Å². The van der Waals surface area contributed by atoms with Gasteiger partial charge in [-0.05, 0) is 24.3 Å². The van der Waals surface area contributed by atoms with E-state index in [2.05, 4.69) is 15.2 Å². The third-order valence-electron chi connectivity index (χ3n) is 4.36. The average Bonchev–Trinajstić information content (AvgIpc) is 3.34. The summed E-state index contributed by atoms with van der Waals surface area (Å²) in [6, 6.07) is 17.1. The molecular formula is C21H18ClN5OS2. The molecule has 0 unspecified atom stereocenters. The second-order valence-electron chi connectivity index (χ2n) is 6.45. The van der Waals surface area contributed by atoms with Crippen LogP contribution in [0.3, 0.4) is 0 Å². The number of halogens is 1. The van der Waals surface area contributed by atoms with E-state index < -0.39 is 0 Å². The summed E-state index contributed by atoms with van der Waals surface area (Å²) in [7, 11) is 1.92. The van der Waals surface area contributed by atoms with Crippen molar-refractivity contribution >= 4 is 51.4 Å². The zero-order valence-corrected chi connectivity index (χ0v) is 18.7. The van der Waals surface area contributed by atoms with Gasteiger partial charge in [-0.2, -0.15) is 0 Å². The minimum atomic E-state index is -0.0764. The van der Waals surface area contributed by atoms with Crippen molar-refractivity contribution < 1.29 is 4.79 Å². The van der Waals surface area contributed by atoms with Crippen molar-refractivity contribution in [1.82, 2.24) is 19.7 Å². The first kappa shape index (κ1) is 20.6. The Morgan fingerprint density at radius 1 is 1.13 bits per heavy atom. The van der Waals surface area contributed by atoms with Crippen LogP contribution >= 0.6 is 34.7 Å². The number of carbonyl (C=O) groups excluding carboxylic acids is 1. The molecule has 0 bridgehead atoms. The SMILES string of the molecule is CC(=O)N(c1ccccc1)c1nc(CSc2nnc(-c3ccccc3Cl)n2C)cs1. The van der Waals surface area contributed by atoms with Crippen molar-refractivity contribution in [2.24, 2.45) is 7.05 Å². The van der Waals surface area contributed by atoms with E-state index in [0.29, 0.717) is 21.7 Å². The molecule has 0 aliphatic rings. The summed E-state index contributed by atoms with van der Waals surface area (Å²) >= 11 is 9.27. The van der Waals surface area contributed by atoms with Crippen LogP contribution in [0.25, 0.3) is 11.4 Å².